The molecule has 0 radical (unpaired) electrons. The van der Waals surface area contributed by atoms with Gasteiger partial charge in [0.25, 0.3) is 5.91 Å². The smallest absolute Gasteiger partial charge is 0.330 e. The minimum Gasteiger partial charge on any atom is -0.479 e. The number of aliphatic carboxylic acids is 1. The standard InChI is InChI=1S/C18H22ClN3O3S/c1-10(8-19)14(18(24)25)22-16(23)13-17(22)26-15(21-13)12-6-2-4-11(9-20)5-3-7-12/h11-14,17H,1-8H2,(H,24,25). The summed E-state index contributed by atoms with van der Waals surface area (Å²) in [5.41, 5.74) is 0.313. The molecule has 3 atom stereocenters. The molecule has 1 N–H and O–H groups in total. The number of aliphatic imine (C=N–C) groups is 1. The highest BCUT2D eigenvalue weighted by Crippen LogP contribution is 2.45. The quantitative estimate of drug-likeness (QED) is 0.438. The van der Waals surface area contributed by atoms with E-state index in [1.807, 2.05) is 0 Å². The first-order valence-electron chi connectivity index (χ1n) is 8.90. The summed E-state index contributed by atoms with van der Waals surface area (Å²) in [4.78, 5) is 30.1. The van der Waals surface area contributed by atoms with Crippen LogP contribution in [0, 0.1) is 23.2 Å². The van der Waals surface area contributed by atoms with Gasteiger partial charge in [-0.1, -0.05) is 31.2 Å². The molecule has 1 aliphatic carbocycles. The van der Waals surface area contributed by atoms with Crippen LogP contribution in [0.1, 0.15) is 38.5 Å². The number of hydrogen-bond acceptors (Lipinski definition) is 5. The average molecular weight is 396 g/mol. The van der Waals surface area contributed by atoms with Crippen molar-refractivity contribution < 1.29 is 14.7 Å². The van der Waals surface area contributed by atoms with Crippen LogP contribution in [0.5, 0.6) is 0 Å². The van der Waals surface area contributed by atoms with Gasteiger partial charge < -0.3 is 10.0 Å². The highest BCUT2D eigenvalue weighted by molar-refractivity contribution is 8.14. The van der Waals surface area contributed by atoms with E-state index in [-0.39, 0.29) is 23.1 Å². The fourth-order valence-electron chi connectivity index (χ4n) is 3.93. The Morgan fingerprint density at radius 3 is 2.62 bits per heavy atom. The predicted octanol–water partition coefficient (Wildman–Crippen LogP) is 3.03. The van der Waals surface area contributed by atoms with Crippen molar-refractivity contribution in [2.24, 2.45) is 16.8 Å². The van der Waals surface area contributed by atoms with Crippen LogP contribution in [0.25, 0.3) is 0 Å². The van der Waals surface area contributed by atoms with Gasteiger partial charge in [-0.15, -0.1) is 11.6 Å². The third-order valence-electron chi connectivity index (χ3n) is 5.37. The Bertz CT molecular complexity index is 680. The number of amides is 1. The number of β-lactam (4-membered cyclic amide) rings is 1. The van der Waals surface area contributed by atoms with E-state index < -0.39 is 18.1 Å². The lowest BCUT2D eigenvalue weighted by atomic mass is 9.87. The molecule has 8 heteroatoms. The number of carboxylic acids is 1. The summed E-state index contributed by atoms with van der Waals surface area (Å²) >= 11 is 7.27. The third-order valence-corrected chi connectivity index (χ3v) is 7.12. The zero-order chi connectivity index (χ0) is 18.8. The van der Waals surface area contributed by atoms with Crippen LogP contribution in [0.15, 0.2) is 17.1 Å². The number of hydrogen-bond donors (Lipinski definition) is 1. The Kier molecular flexibility index (Phi) is 5.93. The van der Waals surface area contributed by atoms with Crippen molar-refractivity contribution in [3.8, 4) is 6.07 Å². The zero-order valence-corrected chi connectivity index (χ0v) is 16.0. The number of fused-ring (bicyclic) bond motifs is 1. The summed E-state index contributed by atoms with van der Waals surface area (Å²) in [7, 11) is 0. The normalized spacial score (nSPS) is 32.4. The molecule has 0 aromatic rings. The molecule has 2 heterocycles. The molecule has 0 aromatic heterocycles. The highest BCUT2D eigenvalue weighted by atomic mass is 35.5. The summed E-state index contributed by atoms with van der Waals surface area (Å²) in [6.45, 7) is 3.71. The Balaban J connectivity index is 1.67. The summed E-state index contributed by atoms with van der Waals surface area (Å²) in [5, 5.41) is 19.3. The van der Waals surface area contributed by atoms with Crippen molar-refractivity contribution in [3.05, 3.63) is 12.2 Å². The van der Waals surface area contributed by atoms with Crippen LogP contribution in [-0.4, -0.2) is 50.3 Å². The SMILES string of the molecule is C=C(CCl)C(C(=O)O)N1C(=O)C2N=C(C3CCCC(C#N)CCC3)SC21. The van der Waals surface area contributed by atoms with Crippen LogP contribution >= 0.6 is 23.4 Å². The van der Waals surface area contributed by atoms with Gasteiger partial charge in [0.05, 0.1) is 11.1 Å². The Morgan fingerprint density at radius 2 is 2.08 bits per heavy atom. The van der Waals surface area contributed by atoms with Crippen molar-refractivity contribution in [2.45, 2.75) is 56.0 Å². The number of likely N-dealkylation sites (tertiary alicyclic amines) is 1. The summed E-state index contributed by atoms with van der Waals surface area (Å²) in [5.74, 6) is -0.907. The van der Waals surface area contributed by atoms with Gasteiger partial charge in [-0.3, -0.25) is 9.79 Å². The van der Waals surface area contributed by atoms with Crippen molar-refractivity contribution in [2.75, 3.05) is 5.88 Å². The number of rotatable bonds is 5. The highest BCUT2D eigenvalue weighted by Gasteiger charge is 2.57. The van der Waals surface area contributed by atoms with Crippen LogP contribution < -0.4 is 0 Å². The molecular weight excluding hydrogens is 374 g/mol. The maximum absolute atomic E-state index is 12.5. The summed E-state index contributed by atoms with van der Waals surface area (Å²) in [6, 6.07) is 0.809. The summed E-state index contributed by atoms with van der Waals surface area (Å²) in [6.07, 6.45) is 5.73. The van der Waals surface area contributed by atoms with Gasteiger partial charge in [-0.05, 0) is 31.3 Å². The van der Waals surface area contributed by atoms with Gasteiger partial charge >= 0.3 is 5.97 Å². The molecule has 3 rings (SSSR count). The first-order valence-corrected chi connectivity index (χ1v) is 10.3. The van der Waals surface area contributed by atoms with E-state index >= 15 is 0 Å². The molecule has 1 saturated carbocycles. The van der Waals surface area contributed by atoms with Crippen LogP contribution in [0.4, 0.5) is 0 Å². The molecule has 3 unspecified atom stereocenters. The maximum atomic E-state index is 12.5. The second-order valence-electron chi connectivity index (χ2n) is 7.08. The first kappa shape index (κ1) is 19.2. The lowest BCUT2D eigenvalue weighted by molar-refractivity contribution is -0.157. The monoisotopic (exact) mass is 395 g/mol. The van der Waals surface area contributed by atoms with Gasteiger partial charge in [0.2, 0.25) is 0 Å². The number of halogens is 1. The first-order chi connectivity index (χ1) is 12.5. The van der Waals surface area contributed by atoms with Crippen molar-refractivity contribution in [1.29, 1.82) is 5.26 Å². The van der Waals surface area contributed by atoms with E-state index in [4.69, 9.17) is 16.9 Å². The lowest BCUT2D eigenvalue weighted by Crippen LogP contribution is -2.66. The molecule has 2 fully saturated rings. The van der Waals surface area contributed by atoms with Gasteiger partial charge in [0, 0.05) is 17.7 Å². The molecule has 1 amide bonds. The molecule has 0 spiro atoms. The minimum absolute atomic E-state index is 0.000795. The fourth-order valence-corrected chi connectivity index (χ4v) is 5.57. The molecule has 26 heavy (non-hydrogen) atoms. The van der Waals surface area contributed by atoms with E-state index in [0.717, 1.165) is 43.6 Å². The van der Waals surface area contributed by atoms with E-state index in [9.17, 15) is 14.7 Å². The summed E-state index contributed by atoms with van der Waals surface area (Å²) < 4.78 is 0. The Morgan fingerprint density at radius 1 is 1.42 bits per heavy atom. The number of carboxylic acid groups (broad SMARTS) is 1. The Labute approximate surface area is 162 Å². The number of nitriles is 1. The van der Waals surface area contributed by atoms with Crippen molar-refractivity contribution >= 4 is 40.3 Å². The Hall–Kier alpha value is -1.52. The lowest BCUT2D eigenvalue weighted by Gasteiger charge is -2.44. The predicted molar refractivity (Wildman–Crippen MR) is 101 cm³/mol. The van der Waals surface area contributed by atoms with Crippen LogP contribution in [-0.2, 0) is 9.59 Å². The van der Waals surface area contributed by atoms with E-state index in [0.29, 0.717) is 11.5 Å². The second kappa shape index (κ2) is 8.01. The van der Waals surface area contributed by atoms with Crippen LogP contribution in [0.3, 0.4) is 0 Å². The molecular formula is C18H22ClN3O3S. The van der Waals surface area contributed by atoms with E-state index in [2.05, 4.69) is 17.6 Å². The van der Waals surface area contributed by atoms with Crippen molar-refractivity contribution in [3.63, 3.8) is 0 Å². The maximum Gasteiger partial charge on any atom is 0.330 e. The second-order valence-corrected chi connectivity index (χ2v) is 8.49. The molecule has 0 bridgehead atoms. The number of nitrogens with zero attached hydrogens (tertiary/aromatic N) is 3. The van der Waals surface area contributed by atoms with Gasteiger partial charge in [0.1, 0.15) is 5.37 Å². The fraction of sp³-hybridized carbons (Fsp3) is 0.667. The van der Waals surface area contributed by atoms with Crippen LogP contribution in [0.2, 0.25) is 0 Å². The minimum atomic E-state index is -1.11. The zero-order valence-electron chi connectivity index (χ0n) is 14.4. The third kappa shape index (κ3) is 3.49. The number of thioether (sulfide) groups is 1. The molecule has 140 valence electrons. The van der Waals surface area contributed by atoms with Gasteiger partial charge in [-0.2, -0.15) is 5.26 Å². The molecule has 2 aliphatic heterocycles. The molecule has 1 saturated heterocycles. The van der Waals surface area contributed by atoms with Gasteiger partial charge in [0.15, 0.2) is 12.1 Å². The molecule has 0 aromatic carbocycles. The van der Waals surface area contributed by atoms with E-state index in [1.165, 1.54) is 16.7 Å². The van der Waals surface area contributed by atoms with Crippen molar-refractivity contribution in [1.82, 2.24) is 4.90 Å². The molecule has 3 aliphatic rings. The van der Waals surface area contributed by atoms with Gasteiger partial charge in [-0.25, -0.2) is 4.79 Å². The number of carbonyl (C=O) groups excluding carboxylic acids is 1. The molecule has 6 nitrogen and oxygen atoms in total. The average Bonchev–Trinajstić information content (AvgIpc) is 2.98. The topological polar surface area (TPSA) is 93.8 Å². The van der Waals surface area contributed by atoms with E-state index in [1.54, 1.807) is 0 Å². The largest absolute Gasteiger partial charge is 0.479 e. The number of alkyl halides is 1. The number of carbonyl (C=O) groups is 2.